The van der Waals surface area contributed by atoms with Gasteiger partial charge in [0.15, 0.2) is 5.60 Å². The molecule has 1 amide bonds. The number of benzene rings is 1. The molecule has 40 heavy (non-hydrogen) atoms. The first-order valence-corrected chi connectivity index (χ1v) is 13.4. The summed E-state index contributed by atoms with van der Waals surface area (Å²) in [6.07, 6.45) is 0.346. The van der Waals surface area contributed by atoms with Crippen molar-refractivity contribution in [1.29, 1.82) is 0 Å². The minimum absolute atomic E-state index is 0.0564. The molecule has 3 atom stereocenters. The maximum atomic E-state index is 13.5. The van der Waals surface area contributed by atoms with E-state index in [0.29, 0.717) is 29.7 Å². The third-order valence-electron chi connectivity index (χ3n) is 8.09. The number of cyclic esters (lactones) is 1. The van der Waals surface area contributed by atoms with Crippen LogP contribution in [-0.2, 0) is 39.5 Å². The second kappa shape index (κ2) is 10.1. The van der Waals surface area contributed by atoms with Crippen molar-refractivity contribution in [2.45, 2.75) is 71.8 Å². The van der Waals surface area contributed by atoms with Crippen LogP contribution in [0.3, 0.4) is 0 Å². The molecule has 0 radical (unpaired) electrons. The van der Waals surface area contributed by atoms with Crippen LogP contribution < -0.4 is 15.6 Å². The Bertz CT molecular complexity index is 1630. The van der Waals surface area contributed by atoms with E-state index in [2.05, 4.69) is 5.32 Å². The number of carbonyl (C=O) groups excluding carboxylic acids is 2. The number of nitrogens with one attached hydrogen (secondary N) is 1. The van der Waals surface area contributed by atoms with Crippen molar-refractivity contribution in [3.8, 4) is 17.1 Å². The van der Waals surface area contributed by atoms with Crippen LogP contribution in [-0.4, -0.2) is 43.8 Å². The molecule has 210 valence electrons. The number of pyridine rings is 2. The fourth-order valence-corrected chi connectivity index (χ4v) is 5.55. The van der Waals surface area contributed by atoms with E-state index in [4.69, 9.17) is 14.5 Å². The number of fused-ring (bicyclic) bond motifs is 5. The second-order valence-electron chi connectivity index (χ2n) is 10.3. The number of hydrogen-bond donors (Lipinski definition) is 3. The van der Waals surface area contributed by atoms with Gasteiger partial charge >= 0.3 is 18.0 Å². The van der Waals surface area contributed by atoms with E-state index in [9.17, 15) is 29.4 Å². The van der Waals surface area contributed by atoms with Gasteiger partial charge in [-0.2, -0.15) is 0 Å². The summed E-state index contributed by atoms with van der Waals surface area (Å²) >= 11 is 0. The number of ether oxygens (including phenoxy) is 2. The monoisotopic (exact) mass is 549 g/mol. The molecular weight excluding hydrogens is 518 g/mol. The van der Waals surface area contributed by atoms with Crippen molar-refractivity contribution in [2.24, 2.45) is 5.92 Å². The quantitative estimate of drug-likeness (QED) is 0.294. The lowest BCUT2D eigenvalue weighted by atomic mass is 9.86. The Hall–Kier alpha value is -4.25. The maximum absolute atomic E-state index is 13.5. The molecule has 4 heterocycles. The number of nitrogens with zero attached hydrogens (tertiary/aromatic N) is 2. The van der Waals surface area contributed by atoms with Crippen LogP contribution >= 0.6 is 0 Å². The maximum Gasteiger partial charge on any atom is 0.413 e. The molecule has 3 aromatic rings. The standard InChI is InChI=1S/C29H31N3O8/c1-5-14(4)23(26(34)35)31-28(37)40-15-8-9-21-17(10-15)16(6-2)18-12-32-22(24(18)30-21)11-20-19(25(32)33)13-39-27(36)29(20,38)7-3/h8-11,14,23,38H,5-7,12-13H2,1-4H3,(H,31,37)(H,34,35)/t14?,23?,29-/m0/s1. The molecule has 11 heteroatoms. The summed E-state index contributed by atoms with van der Waals surface area (Å²) < 4.78 is 12.2. The Labute approximate surface area is 229 Å². The highest BCUT2D eigenvalue weighted by molar-refractivity contribution is 5.90. The SMILES string of the molecule is CCc1c2c(nc3ccc(OC(=O)NC(C(=O)O)C(C)CC)cc13)-c1cc3c(c(=O)n1C2)COC(=O)[C@]3(O)CC. The number of carboxylic acids is 1. The van der Waals surface area contributed by atoms with Gasteiger partial charge in [-0.3, -0.25) is 4.79 Å². The van der Waals surface area contributed by atoms with Crippen LogP contribution in [0.4, 0.5) is 4.79 Å². The summed E-state index contributed by atoms with van der Waals surface area (Å²) in [7, 11) is 0. The average Bonchev–Trinajstić information content (AvgIpc) is 3.30. The highest BCUT2D eigenvalue weighted by Crippen LogP contribution is 2.40. The number of carbonyl (C=O) groups is 3. The van der Waals surface area contributed by atoms with Gasteiger partial charge < -0.3 is 29.6 Å². The molecule has 0 saturated heterocycles. The van der Waals surface area contributed by atoms with Crippen molar-refractivity contribution in [3.05, 3.63) is 56.9 Å². The normalized spacial score (nSPS) is 18.8. The van der Waals surface area contributed by atoms with E-state index in [-0.39, 0.29) is 47.9 Å². The molecule has 0 saturated carbocycles. The first kappa shape index (κ1) is 27.3. The second-order valence-corrected chi connectivity index (χ2v) is 10.3. The van der Waals surface area contributed by atoms with Gasteiger partial charge in [0.25, 0.3) is 5.56 Å². The van der Waals surface area contributed by atoms with Crippen LogP contribution in [0, 0.1) is 5.92 Å². The van der Waals surface area contributed by atoms with E-state index < -0.39 is 29.7 Å². The Morgan fingerprint density at radius 1 is 1.20 bits per heavy atom. The molecule has 0 bridgehead atoms. The summed E-state index contributed by atoms with van der Waals surface area (Å²) in [5.41, 5.74) is 1.70. The molecule has 2 aliphatic rings. The smallest absolute Gasteiger partial charge is 0.413 e. The number of aromatic nitrogens is 2. The first-order chi connectivity index (χ1) is 19.0. The Kier molecular flexibility index (Phi) is 6.87. The van der Waals surface area contributed by atoms with Gasteiger partial charge in [-0.25, -0.2) is 19.4 Å². The number of rotatable bonds is 7. The zero-order valence-electron chi connectivity index (χ0n) is 22.7. The lowest BCUT2D eigenvalue weighted by Gasteiger charge is -2.31. The molecule has 5 rings (SSSR count). The minimum atomic E-state index is -1.91. The van der Waals surface area contributed by atoms with Crippen LogP contribution in [0.25, 0.3) is 22.3 Å². The molecule has 2 aliphatic heterocycles. The predicted octanol–water partition coefficient (Wildman–Crippen LogP) is 3.23. The predicted molar refractivity (Wildman–Crippen MR) is 144 cm³/mol. The lowest BCUT2D eigenvalue weighted by molar-refractivity contribution is -0.172. The van der Waals surface area contributed by atoms with Crippen molar-refractivity contribution in [2.75, 3.05) is 0 Å². The van der Waals surface area contributed by atoms with Gasteiger partial charge in [-0.1, -0.05) is 34.1 Å². The Morgan fingerprint density at radius 2 is 1.95 bits per heavy atom. The van der Waals surface area contributed by atoms with Crippen molar-refractivity contribution >= 4 is 28.9 Å². The minimum Gasteiger partial charge on any atom is -0.480 e. The molecule has 3 N–H and O–H groups in total. The van der Waals surface area contributed by atoms with Crippen molar-refractivity contribution in [1.82, 2.24) is 14.9 Å². The van der Waals surface area contributed by atoms with Crippen LogP contribution in [0.15, 0.2) is 29.1 Å². The van der Waals surface area contributed by atoms with Gasteiger partial charge in [-0.15, -0.1) is 0 Å². The zero-order valence-corrected chi connectivity index (χ0v) is 22.7. The number of aliphatic hydroxyl groups is 1. The van der Waals surface area contributed by atoms with Crippen LogP contribution in [0.2, 0.25) is 0 Å². The van der Waals surface area contributed by atoms with Gasteiger partial charge in [0.05, 0.1) is 29.0 Å². The Balaban J connectivity index is 1.55. The van der Waals surface area contributed by atoms with E-state index in [1.165, 1.54) is 0 Å². The largest absolute Gasteiger partial charge is 0.480 e. The number of amides is 1. The van der Waals surface area contributed by atoms with E-state index in [0.717, 1.165) is 16.5 Å². The molecule has 0 aliphatic carbocycles. The highest BCUT2D eigenvalue weighted by Gasteiger charge is 2.45. The molecule has 1 aromatic carbocycles. The van der Waals surface area contributed by atoms with Gasteiger partial charge in [0.1, 0.15) is 18.4 Å². The van der Waals surface area contributed by atoms with Crippen LogP contribution in [0.1, 0.15) is 62.8 Å². The van der Waals surface area contributed by atoms with Crippen molar-refractivity contribution in [3.63, 3.8) is 0 Å². The molecule has 0 spiro atoms. The van der Waals surface area contributed by atoms with E-state index in [1.54, 1.807) is 42.7 Å². The highest BCUT2D eigenvalue weighted by atomic mass is 16.6. The topological polar surface area (TPSA) is 157 Å². The van der Waals surface area contributed by atoms with Crippen molar-refractivity contribution < 1.29 is 34.1 Å². The number of carboxylic acid groups (broad SMARTS) is 1. The van der Waals surface area contributed by atoms with Gasteiger partial charge in [0, 0.05) is 16.5 Å². The molecule has 2 unspecified atom stereocenters. The molecule has 2 aromatic heterocycles. The first-order valence-electron chi connectivity index (χ1n) is 13.4. The summed E-state index contributed by atoms with van der Waals surface area (Å²) in [5, 5.41) is 23.7. The lowest BCUT2D eigenvalue weighted by Crippen LogP contribution is -2.46. The van der Waals surface area contributed by atoms with Gasteiger partial charge in [-0.05, 0) is 48.6 Å². The summed E-state index contributed by atoms with van der Waals surface area (Å²) in [5.74, 6) is -1.97. The fraction of sp³-hybridized carbons (Fsp3) is 0.414. The zero-order chi connectivity index (χ0) is 28.9. The van der Waals surface area contributed by atoms with Gasteiger partial charge in [0.2, 0.25) is 0 Å². The number of aliphatic carboxylic acids is 1. The molecule has 11 nitrogen and oxygen atoms in total. The van der Waals surface area contributed by atoms with E-state index >= 15 is 0 Å². The number of esters is 1. The third-order valence-corrected chi connectivity index (χ3v) is 8.09. The molecule has 0 fully saturated rings. The van der Waals surface area contributed by atoms with Crippen LogP contribution in [0.5, 0.6) is 5.75 Å². The number of hydrogen-bond acceptors (Lipinski definition) is 8. The van der Waals surface area contributed by atoms with E-state index in [1.807, 2.05) is 13.8 Å². The molecular formula is C29H31N3O8. The number of aryl methyl sites for hydroxylation is 1. The summed E-state index contributed by atoms with van der Waals surface area (Å²) in [6, 6.07) is 5.53. The third kappa shape index (κ3) is 4.21. The fourth-order valence-electron chi connectivity index (χ4n) is 5.55. The Morgan fingerprint density at radius 3 is 2.60 bits per heavy atom. The summed E-state index contributed by atoms with van der Waals surface area (Å²) in [6.45, 7) is 7.25. The summed E-state index contributed by atoms with van der Waals surface area (Å²) in [4.78, 5) is 54.9. The average molecular weight is 550 g/mol.